The topological polar surface area (TPSA) is 18.5 Å². The Labute approximate surface area is 95.5 Å². The number of hydrogen-bond acceptors (Lipinski definition) is 2. The Balaban J connectivity index is 3.64. The summed E-state index contributed by atoms with van der Waals surface area (Å²) in [6.07, 6.45) is 2.88. The molecule has 0 aromatic rings. The molecule has 0 rings (SSSR count). The Morgan fingerprint density at radius 1 is 1.14 bits per heavy atom. The van der Waals surface area contributed by atoms with Crippen molar-refractivity contribution in [1.29, 1.82) is 0 Å². The van der Waals surface area contributed by atoms with E-state index in [1.807, 2.05) is 13.8 Å². The second-order valence-electron chi connectivity index (χ2n) is 2.71. The van der Waals surface area contributed by atoms with E-state index in [0.29, 0.717) is 13.2 Å². The fourth-order valence-corrected chi connectivity index (χ4v) is 1.29. The van der Waals surface area contributed by atoms with Crippen molar-refractivity contribution in [3.8, 4) is 11.8 Å². The van der Waals surface area contributed by atoms with Gasteiger partial charge in [-0.15, -0.1) is 0 Å². The Morgan fingerprint density at radius 2 is 1.79 bits per heavy atom. The summed E-state index contributed by atoms with van der Waals surface area (Å²) in [6.45, 7) is 5.17. The van der Waals surface area contributed by atoms with Crippen LogP contribution in [0.25, 0.3) is 0 Å². The van der Waals surface area contributed by atoms with Crippen LogP contribution >= 0.6 is 15.9 Å². The summed E-state index contributed by atoms with van der Waals surface area (Å²) in [5.74, 6) is 6.04. The van der Waals surface area contributed by atoms with Crippen molar-refractivity contribution in [2.24, 2.45) is 0 Å². The molecule has 3 heteroatoms. The first-order chi connectivity index (χ1) is 6.85. The summed E-state index contributed by atoms with van der Waals surface area (Å²) < 4.78 is 10.6. The fraction of sp³-hybridized carbons (Fsp3) is 0.818. The molecule has 0 saturated heterocycles. The lowest BCUT2D eigenvalue weighted by Gasteiger charge is -2.09. The van der Waals surface area contributed by atoms with Gasteiger partial charge in [0.1, 0.15) is 0 Å². The van der Waals surface area contributed by atoms with Crippen LogP contribution in [-0.2, 0) is 9.47 Å². The third-order valence-corrected chi connectivity index (χ3v) is 2.10. The number of rotatable bonds is 7. The molecular formula is C11H19BrO2. The van der Waals surface area contributed by atoms with Gasteiger partial charge in [0.2, 0.25) is 6.29 Å². The van der Waals surface area contributed by atoms with Crippen LogP contribution in [0.3, 0.4) is 0 Å². The van der Waals surface area contributed by atoms with Gasteiger partial charge in [0.05, 0.1) is 0 Å². The van der Waals surface area contributed by atoms with E-state index in [2.05, 4.69) is 27.8 Å². The molecule has 0 unspecified atom stereocenters. The summed E-state index contributed by atoms with van der Waals surface area (Å²) in [7, 11) is 0. The van der Waals surface area contributed by atoms with Crippen molar-refractivity contribution in [2.75, 3.05) is 18.5 Å². The largest absolute Gasteiger partial charge is 0.342 e. The number of halogens is 1. The molecule has 82 valence electrons. The van der Waals surface area contributed by atoms with Crippen LogP contribution in [-0.4, -0.2) is 24.8 Å². The molecule has 0 aliphatic heterocycles. The number of ether oxygens (including phenoxy) is 2. The molecule has 2 nitrogen and oxygen atoms in total. The second-order valence-corrected chi connectivity index (χ2v) is 3.50. The van der Waals surface area contributed by atoms with E-state index in [0.717, 1.165) is 18.2 Å². The lowest BCUT2D eigenvalue weighted by Crippen LogP contribution is -2.14. The monoisotopic (exact) mass is 262 g/mol. The van der Waals surface area contributed by atoms with Gasteiger partial charge in [-0.05, 0) is 32.6 Å². The zero-order valence-corrected chi connectivity index (χ0v) is 10.6. The highest BCUT2D eigenvalue weighted by atomic mass is 79.9. The SMILES string of the molecule is CCOC(C#CCCCCBr)OCC. The molecular weight excluding hydrogens is 244 g/mol. The van der Waals surface area contributed by atoms with Gasteiger partial charge in [0.25, 0.3) is 0 Å². The molecule has 14 heavy (non-hydrogen) atoms. The first-order valence-electron chi connectivity index (χ1n) is 5.12. The molecule has 0 amide bonds. The van der Waals surface area contributed by atoms with Gasteiger partial charge in [-0.3, -0.25) is 0 Å². The molecule has 0 spiro atoms. The van der Waals surface area contributed by atoms with Crippen LogP contribution in [0.4, 0.5) is 0 Å². The third-order valence-electron chi connectivity index (χ3n) is 1.54. The Hall–Kier alpha value is -0.0400. The molecule has 0 aromatic heterocycles. The molecule has 0 saturated carbocycles. The minimum absolute atomic E-state index is 0.339. The molecule has 0 atom stereocenters. The minimum atomic E-state index is -0.339. The standard InChI is InChI=1S/C11H19BrO2/c1-3-13-11(14-4-2)9-7-5-6-8-10-12/h11H,3-6,8,10H2,1-2H3. The number of unbranched alkanes of at least 4 members (excludes halogenated alkanes) is 2. The summed E-state index contributed by atoms with van der Waals surface area (Å²) in [4.78, 5) is 0. The van der Waals surface area contributed by atoms with E-state index in [1.165, 1.54) is 6.42 Å². The van der Waals surface area contributed by atoms with Crippen LogP contribution in [0.5, 0.6) is 0 Å². The number of hydrogen-bond donors (Lipinski definition) is 0. The molecule has 0 bridgehead atoms. The van der Waals surface area contributed by atoms with Gasteiger partial charge in [-0.1, -0.05) is 21.9 Å². The van der Waals surface area contributed by atoms with E-state index >= 15 is 0 Å². The summed E-state index contributed by atoms with van der Waals surface area (Å²) in [6, 6.07) is 0. The highest BCUT2D eigenvalue weighted by Crippen LogP contribution is 1.98. The highest BCUT2D eigenvalue weighted by Gasteiger charge is 2.00. The molecule has 0 fully saturated rings. The van der Waals surface area contributed by atoms with Crippen molar-refractivity contribution in [3.05, 3.63) is 0 Å². The van der Waals surface area contributed by atoms with Gasteiger partial charge >= 0.3 is 0 Å². The minimum Gasteiger partial charge on any atom is -0.342 e. The summed E-state index contributed by atoms with van der Waals surface area (Å²) in [5, 5.41) is 1.05. The maximum absolute atomic E-state index is 5.28. The smallest absolute Gasteiger partial charge is 0.222 e. The van der Waals surface area contributed by atoms with E-state index in [-0.39, 0.29) is 6.29 Å². The van der Waals surface area contributed by atoms with Crippen LogP contribution in [0, 0.1) is 11.8 Å². The molecule has 0 N–H and O–H groups in total. The van der Waals surface area contributed by atoms with Crippen LogP contribution in [0.2, 0.25) is 0 Å². The van der Waals surface area contributed by atoms with Gasteiger partial charge < -0.3 is 9.47 Å². The van der Waals surface area contributed by atoms with Gasteiger partial charge in [0, 0.05) is 25.0 Å². The predicted octanol–water partition coefficient (Wildman–Crippen LogP) is 2.95. The van der Waals surface area contributed by atoms with E-state index in [1.54, 1.807) is 0 Å². The Bertz CT molecular complexity index is 166. The van der Waals surface area contributed by atoms with Crippen LogP contribution in [0.15, 0.2) is 0 Å². The van der Waals surface area contributed by atoms with Gasteiger partial charge in [0.15, 0.2) is 0 Å². The maximum atomic E-state index is 5.28. The van der Waals surface area contributed by atoms with Crippen molar-refractivity contribution in [1.82, 2.24) is 0 Å². The molecule has 0 aliphatic rings. The van der Waals surface area contributed by atoms with Gasteiger partial charge in [-0.2, -0.15) is 0 Å². The molecule has 0 aliphatic carbocycles. The summed E-state index contributed by atoms with van der Waals surface area (Å²) in [5.41, 5.74) is 0. The quantitative estimate of drug-likeness (QED) is 0.304. The predicted molar refractivity (Wildman–Crippen MR) is 62.5 cm³/mol. The highest BCUT2D eigenvalue weighted by molar-refractivity contribution is 9.09. The summed E-state index contributed by atoms with van der Waals surface area (Å²) >= 11 is 3.38. The van der Waals surface area contributed by atoms with Crippen molar-refractivity contribution in [3.63, 3.8) is 0 Å². The lowest BCUT2D eigenvalue weighted by molar-refractivity contribution is -0.0970. The second kappa shape index (κ2) is 11.0. The maximum Gasteiger partial charge on any atom is 0.222 e. The Kier molecular flexibility index (Phi) is 11.0. The van der Waals surface area contributed by atoms with E-state index in [9.17, 15) is 0 Å². The zero-order chi connectivity index (χ0) is 10.6. The lowest BCUT2D eigenvalue weighted by atomic mass is 10.2. The average Bonchev–Trinajstić information content (AvgIpc) is 2.18. The first-order valence-corrected chi connectivity index (χ1v) is 6.24. The van der Waals surface area contributed by atoms with Crippen molar-refractivity contribution in [2.45, 2.75) is 39.4 Å². The van der Waals surface area contributed by atoms with E-state index in [4.69, 9.17) is 9.47 Å². The van der Waals surface area contributed by atoms with Crippen molar-refractivity contribution < 1.29 is 9.47 Å². The third kappa shape index (κ3) is 8.55. The molecule has 0 heterocycles. The number of alkyl halides is 1. The normalized spacial score (nSPS) is 10.0. The van der Waals surface area contributed by atoms with Crippen LogP contribution in [0.1, 0.15) is 33.1 Å². The fourth-order valence-electron chi connectivity index (χ4n) is 0.898. The van der Waals surface area contributed by atoms with Crippen molar-refractivity contribution >= 4 is 15.9 Å². The van der Waals surface area contributed by atoms with Crippen LogP contribution < -0.4 is 0 Å². The first kappa shape index (κ1) is 14.0. The molecule has 0 radical (unpaired) electrons. The average molecular weight is 263 g/mol. The zero-order valence-electron chi connectivity index (χ0n) is 9.01. The van der Waals surface area contributed by atoms with Gasteiger partial charge in [-0.25, -0.2) is 0 Å². The molecule has 0 aromatic carbocycles. The van der Waals surface area contributed by atoms with E-state index < -0.39 is 0 Å². The Morgan fingerprint density at radius 3 is 2.29 bits per heavy atom.